The summed E-state index contributed by atoms with van der Waals surface area (Å²) in [5.74, 6) is -2.45. The normalized spacial score (nSPS) is 22.9. The highest BCUT2D eigenvalue weighted by atomic mass is 32.2. The van der Waals surface area contributed by atoms with Gasteiger partial charge in [-0.05, 0) is 31.5 Å². The molecule has 1 N–H and O–H groups in total. The van der Waals surface area contributed by atoms with Crippen LogP contribution in [0.15, 0.2) is 18.2 Å². The second-order valence-electron chi connectivity index (χ2n) is 4.82. The summed E-state index contributed by atoms with van der Waals surface area (Å²) in [6.45, 7) is 2.03. The number of sulfone groups is 1. The lowest BCUT2D eigenvalue weighted by Crippen LogP contribution is -2.29. The number of hydrogen-bond acceptors (Lipinski definition) is 4. The molecule has 0 aliphatic carbocycles. The molecule has 7 heteroatoms. The third kappa shape index (κ3) is 2.99. The summed E-state index contributed by atoms with van der Waals surface area (Å²) in [4.78, 5) is 10.8. The number of carboxylic acid groups (broad SMARTS) is 1. The van der Waals surface area contributed by atoms with E-state index in [2.05, 4.69) is 0 Å². The minimum Gasteiger partial charge on any atom is -0.478 e. The van der Waals surface area contributed by atoms with Crippen molar-refractivity contribution < 1.29 is 27.4 Å². The van der Waals surface area contributed by atoms with Crippen molar-refractivity contribution in [2.75, 3.05) is 6.61 Å². The highest BCUT2D eigenvalue weighted by molar-refractivity contribution is 7.91. The first kappa shape index (κ1) is 14.9. The summed E-state index contributed by atoms with van der Waals surface area (Å²) in [6, 6.07) is 3.15. The highest BCUT2D eigenvalue weighted by Crippen LogP contribution is 2.25. The van der Waals surface area contributed by atoms with Crippen LogP contribution in [0.2, 0.25) is 0 Å². The Morgan fingerprint density at radius 3 is 2.75 bits per heavy atom. The summed E-state index contributed by atoms with van der Waals surface area (Å²) >= 11 is 0. The van der Waals surface area contributed by atoms with Crippen LogP contribution in [0.5, 0.6) is 0 Å². The van der Waals surface area contributed by atoms with Gasteiger partial charge in [-0.3, -0.25) is 0 Å². The molecule has 0 spiro atoms. The lowest BCUT2D eigenvalue weighted by atomic mass is 10.1. The predicted molar refractivity (Wildman–Crippen MR) is 69.8 cm³/mol. The molecular weight excluding hydrogens is 287 g/mol. The Morgan fingerprint density at radius 2 is 2.20 bits per heavy atom. The van der Waals surface area contributed by atoms with Crippen LogP contribution in [-0.4, -0.2) is 37.5 Å². The van der Waals surface area contributed by atoms with Crippen LogP contribution < -0.4 is 0 Å². The number of hydrogen-bond donors (Lipinski definition) is 1. The Labute approximate surface area is 116 Å². The van der Waals surface area contributed by atoms with Gasteiger partial charge in [0.1, 0.15) is 5.82 Å². The Kier molecular flexibility index (Phi) is 4.10. The maximum Gasteiger partial charge on any atom is 0.335 e. The van der Waals surface area contributed by atoms with Crippen LogP contribution in [-0.2, 0) is 20.3 Å². The molecule has 20 heavy (non-hydrogen) atoms. The molecule has 2 rings (SSSR count). The summed E-state index contributed by atoms with van der Waals surface area (Å²) in [7, 11) is -3.59. The second-order valence-corrected chi connectivity index (χ2v) is 7.04. The number of rotatable bonds is 4. The third-order valence-electron chi connectivity index (χ3n) is 3.42. The van der Waals surface area contributed by atoms with Crippen molar-refractivity contribution in [3.05, 3.63) is 35.1 Å². The Bertz CT molecular complexity index is 626. The van der Waals surface area contributed by atoms with Gasteiger partial charge in [0.25, 0.3) is 0 Å². The molecular formula is C13H15FO5S. The maximum absolute atomic E-state index is 13.7. The van der Waals surface area contributed by atoms with E-state index in [-0.39, 0.29) is 11.1 Å². The van der Waals surface area contributed by atoms with E-state index >= 15 is 0 Å². The van der Waals surface area contributed by atoms with Crippen molar-refractivity contribution in [3.63, 3.8) is 0 Å². The first-order valence-corrected chi connectivity index (χ1v) is 7.87. The largest absolute Gasteiger partial charge is 0.478 e. The van der Waals surface area contributed by atoms with E-state index in [1.807, 2.05) is 0 Å². The first-order valence-electron chi connectivity index (χ1n) is 6.16. The molecule has 2 atom stereocenters. The van der Waals surface area contributed by atoms with Crippen molar-refractivity contribution in [2.45, 2.75) is 30.5 Å². The van der Waals surface area contributed by atoms with Gasteiger partial charge in [-0.2, -0.15) is 0 Å². The van der Waals surface area contributed by atoms with E-state index in [4.69, 9.17) is 9.84 Å². The lowest BCUT2D eigenvalue weighted by Gasteiger charge is -2.15. The van der Waals surface area contributed by atoms with Crippen LogP contribution in [0, 0.1) is 5.82 Å². The smallest absolute Gasteiger partial charge is 0.335 e. The van der Waals surface area contributed by atoms with Gasteiger partial charge in [0, 0.05) is 12.2 Å². The number of carbonyl (C=O) groups is 1. The predicted octanol–water partition coefficient (Wildman–Crippen LogP) is 1.62. The zero-order valence-electron chi connectivity index (χ0n) is 10.9. The summed E-state index contributed by atoms with van der Waals surface area (Å²) < 4.78 is 43.4. The molecule has 1 heterocycles. The van der Waals surface area contributed by atoms with Gasteiger partial charge in [-0.1, -0.05) is 0 Å². The Morgan fingerprint density at radius 1 is 1.50 bits per heavy atom. The maximum atomic E-state index is 13.7. The van der Waals surface area contributed by atoms with Crippen LogP contribution in [0.25, 0.3) is 0 Å². The van der Waals surface area contributed by atoms with Gasteiger partial charge in [0.05, 0.1) is 22.7 Å². The number of ether oxygens (including phenoxy) is 1. The van der Waals surface area contributed by atoms with Crippen LogP contribution in [0.1, 0.15) is 29.3 Å². The van der Waals surface area contributed by atoms with Gasteiger partial charge in [-0.25, -0.2) is 17.6 Å². The minimum absolute atomic E-state index is 0.121. The van der Waals surface area contributed by atoms with Crippen molar-refractivity contribution in [2.24, 2.45) is 0 Å². The first-order chi connectivity index (χ1) is 9.31. The fourth-order valence-corrected chi connectivity index (χ4v) is 4.31. The quantitative estimate of drug-likeness (QED) is 0.914. The molecule has 1 aromatic carbocycles. The van der Waals surface area contributed by atoms with Crippen molar-refractivity contribution in [3.8, 4) is 0 Å². The van der Waals surface area contributed by atoms with E-state index in [0.29, 0.717) is 13.0 Å². The van der Waals surface area contributed by atoms with E-state index in [1.165, 1.54) is 0 Å². The minimum atomic E-state index is -3.59. The summed E-state index contributed by atoms with van der Waals surface area (Å²) in [6.07, 6.45) is -0.0466. The van der Waals surface area contributed by atoms with Crippen LogP contribution >= 0.6 is 0 Å². The Hall–Kier alpha value is -1.47. The average molecular weight is 302 g/mol. The third-order valence-corrected chi connectivity index (χ3v) is 5.67. The van der Waals surface area contributed by atoms with E-state index < -0.39 is 38.7 Å². The summed E-state index contributed by atoms with van der Waals surface area (Å²) in [5.41, 5.74) is -0.253. The standard InChI is InChI=1S/C13H15FO5S/c1-8-12(4-5-19-8)20(17,18)7-10-6-9(13(15)16)2-3-11(10)14/h2-3,6,8,12H,4-5,7H2,1H3,(H,15,16). The van der Waals surface area contributed by atoms with Crippen molar-refractivity contribution >= 4 is 15.8 Å². The molecule has 110 valence electrons. The molecule has 0 bridgehead atoms. The fourth-order valence-electron chi connectivity index (χ4n) is 2.33. The van der Waals surface area contributed by atoms with Gasteiger partial charge in [0.2, 0.25) is 0 Å². The van der Waals surface area contributed by atoms with Crippen LogP contribution in [0.3, 0.4) is 0 Å². The molecule has 5 nitrogen and oxygen atoms in total. The summed E-state index contributed by atoms with van der Waals surface area (Å²) in [5, 5.41) is 8.19. The van der Waals surface area contributed by atoms with E-state index in [0.717, 1.165) is 18.2 Å². The van der Waals surface area contributed by atoms with Crippen LogP contribution in [0.4, 0.5) is 4.39 Å². The number of benzene rings is 1. The van der Waals surface area contributed by atoms with Gasteiger partial charge in [0.15, 0.2) is 9.84 Å². The van der Waals surface area contributed by atoms with E-state index in [1.54, 1.807) is 6.92 Å². The molecule has 1 aliphatic heterocycles. The molecule has 1 fully saturated rings. The van der Waals surface area contributed by atoms with Gasteiger partial charge in [-0.15, -0.1) is 0 Å². The highest BCUT2D eigenvalue weighted by Gasteiger charge is 2.36. The van der Waals surface area contributed by atoms with Gasteiger partial charge < -0.3 is 9.84 Å². The molecule has 0 amide bonds. The topological polar surface area (TPSA) is 80.7 Å². The monoisotopic (exact) mass is 302 g/mol. The molecule has 1 saturated heterocycles. The molecule has 2 unspecified atom stereocenters. The molecule has 0 aromatic heterocycles. The number of halogens is 1. The zero-order valence-corrected chi connectivity index (χ0v) is 11.7. The fraction of sp³-hybridized carbons (Fsp3) is 0.462. The molecule has 1 aromatic rings. The molecule has 1 aliphatic rings. The second kappa shape index (κ2) is 5.49. The lowest BCUT2D eigenvalue weighted by molar-refractivity contribution is 0.0696. The zero-order chi connectivity index (χ0) is 14.9. The molecule has 0 radical (unpaired) electrons. The average Bonchev–Trinajstić information content (AvgIpc) is 2.78. The number of carboxylic acids is 1. The van der Waals surface area contributed by atoms with Gasteiger partial charge >= 0.3 is 5.97 Å². The Balaban J connectivity index is 2.29. The van der Waals surface area contributed by atoms with E-state index in [9.17, 15) is 17.6 Å². The SMILES string of the molecule is CC1OCCC1S(=O)(=O)Cc1cc(C(=O)O)ccc1F. The number of aromatic carboxylic acids is 1. The van der Waals surface area contributed by atoms with Crippen molar-refractivity contribution in [1.82, 2.24) is 0 Å². The molecule has 0 saturated carbocycles. The van der Waals surface area contributed by atoms with Crippen molar-refractivity contribution in [1.29, 1.82) is 0 Å².